The van der Waals surface area contributed by atoms with Crippen molar-refractivity contribution < 1.29 is 4.84 Å². The molecule has 150 valence electrons. The molecular weight excluding hydrogens is 384 g/mol. The zero-order chi connectivity index (χ0) is 20.6. The molecule has 3 aromatic heterocycles. The molecule has 0 fully saturated rings. The molecule has 3 aromatic rings. The number of hydrogen-bond acceptors (Lipinski definition) is 8. The number of oxime groups is 1. The van der Waals surface area contributed by atoms with E-state index in [1.54, 1.807) is 6.20 Å². The average Bonchev–Trinajstić information content (AvgIpc) is 2.73. The predicted octanol–water partition coefficient (Wildman–Crippen LogP) is 4.04. The smallest absolute Gasteiger partial charge is 0.187 e. The van der Waals surface area contributed by atoms with Crippen molar-refractivity contribution in [3.05, 3.63) is 59.3 Å². The van der Waals surface area contributed by atoms with Gasteiger partial charge in [0.2, 0.25) is 0 Å². The van der Waals surface area contributed by atoms with Crippen LogP contribution in [-0.4, -0.2) is 43.5 Å². The van der Waals surface area contributed by atoms with E-state index in [1.165, 1.54) is 11.8 Å². The van der Waals surface area contributed by atoms with E-state index < -0.39 is 0 Å². The van der Waals surface area contributed by atoms with Crippen LogP contribution in [0.2, 0.25) is 0 Å². The summed E-state index contributed by atoms with van der Waals surface area (Å²) in [5.74, 6) is 0.659. The minimum atomic E-state index is 0.499. The lowest BCUT2D eigenvalue weighted by molar-refractivity contribution is 0.141. The van der Waals surface area contributed by atoms with Crippen LogP contribution in [0.4, 0.5) is 0 Å². The van der Waals surface area contributed by atoms with Gasteiger partial charge >= 0.3 is 0 Å². The molecule has 0 atom stereocenters. The highest BCUT2D eigenvalue weighted by Gasteiger charge is 2.07. The summed E-state index contributed by atoms with van der Waals surface area (Å²) in [7, 11) is 0. The van der Waals surface area contributed by atoms with Gasteiger partial charge in [0.05, 0.1) is 5.69 Å². The summed E-state index contributed by atoms with van der Waals surface area (Å²) in [5, 5.41) is 4.89. The fourth-order valence-electron chi connectivity index (χ4n) is 2.69. The van der Waals surface area contributed by atoms with Crippen LogP contribution in [0.25, 0.3) is 11.5 Å². The van der Waals surface area contributed by atoms with Crippen molar-refractivity contribution >= 4 is 17.5 Å². The fourth-order valence-corrected chi connectivity index (χ4v) is 3.05. The van der Waals surface area contributed by atoms with E-state index in [0.29, 0.717) is 12.4 Å². The highest BCUT2D eigenvalue weighted by Crippen LogP contribution is 2.15. The van der Waals surface area contributed by atoms with E-state index >= 15 is 0 Å². The maximum absolute atomic E-state index is 5.47. The molecule has 29 heavy (non-hydrogen) atoms. The largest absolute Gasteiger partial charge is 0.396 e. The van der Waals surface area contributed by atoms with Crippen molar-refractivity contribution in [3.8, 4) is 11.5 Å². The summed E-state index contributed by atoms with van der Waals surface area (Å²) in [4.78, 5) is 27.7. The van der Waals surface area contributed by atoms with Gasteiger partial charge in [-0.2, -0.15) is 0 Å². The molecule has 0 N–H and O–H groups in total. The molecule has 0 amide bonds. The van der Waals surface area contributed by atoms with Gasteiger partial charge in [0.1, 0.15) is 18.0 Å². The van der Waals surface area contributed by atoms with Crippen LogP contribution in [0.3, 0.4) is 0 Å². The van der Waals surface area contributed by atoms with E-state index in [-0.39, 0.29) is 0 Å². The Morgan fingerprint density at radius 2 is 1.93 bits per heavy atom. The van der Waals surface area contributed by atoms with Gasteiger partial charge in [0.25, 0.3) is 0 Å². The first kappa shape index (κ1) is 20.9. The summed E-state index contributed by atoms with van der Waals surface area (Å²) < 4.78 is 0. The molecule has 0 unspecified atom stereocenters. The highest BCUT2D eigenvalue weighted by molar-refractivity contribution is 7.98. The molecule has 0 bridgehead atoms. The minimum absolute atomic E-state index is 0.499. The molecule has 0 aliphatic carbocycles. The van der Waals surface area contributed by atoms with Crippen LogP contribution in [0, 0.1) is 13.8 Å². The number of aromatic nitrogens is 5. The van der Waals surface area contributed by atoms with Gasteiger partial charge in [-0.05, 0) is 64.1 Å². The number of hydrogen-bond donors (Lipinski definition) is 0. The summed E-state index contributed by atoms with van der Waals surface area (Å²) in [6.07, 6.45) is 5.25. The molecule has 0 aliphatic heterocycles. The quantitative estimate of drug-likeness (QED) is 0.183. The summed E-state index contributed by atoms with van der Waals surface area (Å²) in [5.41, 5.74) is 5.14. The third-order valence-corrected chi connectivity index (χ3v) is 4.64. The van der Waals surface area contributed by atoms with E-state index in [0.717, 1.165) is 52.2 Å². The van der Waals surface area contributed by atoms with Gasteiger partial charge < -0.3 is 4.84 Å². The molecule has 3 heterocycles. The van der Waals surface area contributed by atoms with Crippen LogP contribution in [-0.2, 0) is 11.3 Å². The summed E-state index contributed by atoms with van der Waals surface area (Å²) >= 11 is 1.50. The third-order valence-electron chi connectivity index (χ3n) is 4.08. The zero-order valence-electron chi connectivity index (χ0n) is 17.1. The van der Waals surface area contributed by atoms with E-state index in [2.05, 4.69) is 30.1 Å². The highest BCUT2D eigenvalue weighted by atomic mass is 32.2. The van der Waals surface area contributed by atoms with Crippen molar-refractivity contribution in [2.24, 2.45) is 5.16 Å². The lowest BCUT2D eigenvalue weighted by Crippen LogP contribution is -2.03. The molecule has 0 radical (unpaired) electrons. The minimum Gasteiger partial charge on any atom is -0.396 e. The molecule has 0 saturated carbocycles. The second-order valence-corrected chi connectivity index (χ2v) is 7.30. The number of thioether (sulfide) groups is 1. The molecule has 8 heteroatoms. The Morgan fingerprint density at radius 1 is 1.07 bits per heavy atom. The Morgan fingerprint density at radius 3 is 2.72 bits per heavy atom. The molecule has 0 spiro atoms. The Kier molecular flexibility index (Phi) is 7.24. The fraction of sp³-hybridized carbons (Fsp3) is 0.333. The lowest BCUT2D eigenvalue weighted by Gasteiger charge is -2.06. The predicted molar refractivity (Wildman–Crippen MR) is 115 cm³/mol. The van der Waals surface area contributed by atoms with E-state index in [1.807, 2.05) is 57.4 Å². The van der Waals surface area contributed by atoms with Gasteiger partial charge in [0, 0.05) is 23.3 Å². The number of aryl methyl sites for hydroxylation is 3. The van der Waals surface area contributed by atoms with Gasteiger partial charge in [0.15, 0.2) is 11.0 Å². The SMILES string of the molecule is CSc1nccc(/C(C)=N/OCCCc2cc(C)nc(-c3cccc(C)n3)n2)n1. The molecule has 0 saturated heterocycles. The van der Waals surface area contributed by atoms with Gasteiger partial charge in [-0.25, -0.2) is 24.9 Å². The van der Waals surface area contributed by atoms with Gasteiger partial charge in [-0.1, -0.05) is 23.0 Å². The molecule has 0 aliphatic rings. The Bertz CT molecular complexity index is 1010. The maximum Gasteiger partial charge on any atom is 0.187 e. The summed E-state index contributed by atoms with van der Waals surface area (Å²) in [6, 6.07) is 9.69. The molecular formula is C21H24N6OS. The first-order chi connectivity index (χ1) is 14.0. The summed E-state index contributed by atoms with van der Waals surface area (Å²) in [6.45, 7) is 6.31. The normalized spacial score (nSPS) is 11.5. The molecule has 7 nitrogen and oxygen atoms in total. The van der Waals surface area contributed by atoms with Crippen molar-refractivity contribution in [1.82, 2.24) is 24.9 Å². The second kappa shape index (κ2) is 10.1. The van der Waals surface area contributed by atoms with Crippen molar-refractivity contribution in [1.29, 1.82) is 0 Å². The van der Waals surface area contributed by atoms with Crippen LogP contribution in [0.5, 0.6) is 0 Å². The Balaban J connectivity index is 1.56. The second-order valence-electron chi connectivity index (χ2n) is 6.53. The Hall–Kier alpha value is -2.87. The molecule has 0 aromatic carbocycles. The van der Waals surface area contributed by atoms with Gasteiger partial charge in [-0.3, -0.25) is 0 Å². The Labute approximate surface area is 175 Å². The van der Waals surface area contributed by atoms with Crippen LogP contribution >= 0.6 is 11.8 Å². The van der Waals surface area contributed by atoms with E-state index in [9.17, 15) is 0 Å². The maximum atomic E-state index is 5.47. The van der Waals surface area contributed by atoms with Crippen molar-refractivity contribution in [3.63, 3.8) is 0 Å². The first-order valence-corrected chi connectivity index (χ1v) is 10.6. The van der Waals surface area contributed by atoms with Crippen LogP contribution in [0.15, 0.2) is 46.8 Å². The standard InChI is InChI=1S/C21H24N6OS/c1-14-7-5-9-19(23-14)20-24-15(2)13-17(25-20)8-6-12-28-27-16(3)18-10-11-22-21(26-18)29-4/h5,7,9-11,13H,6,8,12H2,1-4H3/b27-16+. The zero-order valence-corrected chi connectivity index (χ0v) is 17.9. The number of rotatable bonds is 8. The van der Waals surface area contributed by atoms with E-state index in [4.69, 9.17) is 4.84 Å². The monoisotopic (exact) mass is 408 g/mol. The lowest BCUT2D eigenvalue weighted by atomic mass is 10.2. The van der Waals surface area contributed by atoms with Crippen LogP contribution in [0.1, 0.15) is 36.1 Å². The first-order valence-electron chi connectivity index (χ1n) is 9.37. The van der Waals surface area contributed by atoms with Crippen molar-refractivity contribution in [2.45, 2.75) is 38.8 Å². The van der Waals surface area contributed by atoms with Crippen LogP contribution < -0.4 is 0 Å². The number of nitrogens with zero attached hydrogens (tertiary/aromatic N) is 6. The average molecular weight is 409 g/mol. The number of pyridine rings is 1. The topological polar surface area (TPSA) is 86.0 Å². The molecule has 3 rings (SSSR count). The third kappa shape index (κ3) is 6.05. The van der Waals surface area contributed by atoms with Crippen molar-refractivity contribution in [2.75, 3.05) is 12.9 Å². The van der Waals surface area contributed by atoms with Gasteiger partial charge in [-0.15, -0.1) is 0 Å².